The van der Waals surface area contributed by atoms with Crippen LogP contribution in [0.1, 0.15) is 96.8 Å². The first-order valence-electron chi connectivity index (χ1n) is 16.7. The zero-order valence-electron chi connectivity index (χ0n) is 30.5. The predicted octanol–water partition coefficient (Wildman–Crippen LogP) is 4.91. The smallest absolute Gasteiger partial charge is 0.303 e. The van der Waals surface area contributed by atoms with Crippen molar-refractivity contribution >= 4 is 51.2 Å². The molecule has 19 heteroatoms. The Hall–Kier alpha value is -2.73. The minimum atomic E-state index is -4.49. The maximum atomic E-state index is 14.0. The van der Waals surface area contributed by atoms with Crippen molar-refractivity contribution in [3.63, 3.8) is 0 Å². The number of carbonyl (C=O) groups is 3. The van der Waals surface area contributed by atoms with Gasteiger partial charge in [-0.3, -0.25) is 18.6 Å². The summed E-state index contributed by atoms with van der Waals surface area (Å²) >= 11 is 13.0. The van der Waals surface area contributed by atoms with Crippen molar-refractivity contribution in [1.29, 1.82) is 0 Å². The molecule has 52 heavy (non-hydrogen) atoms. The van der Waals surface area contributed by atoms with Gasteiger partial charge in [-0.05, 0) is 40.0 Å². The highest BCUT2D eigenvalue weighted by Crippen LogP contribution is 2.42. The molecule has 0 radical (unpaired) electrons. The summed E-state index contributed by atoms with van der Waals surface area (Å²) in [6, 6.07) is 3.70. The monoisotopic (exact) mass is 795 g/mol. The van der Waals surface area contributed by atoms with Gasteiger partial charge in [-0.1, -0.05) is 58.8 Å². The number of hydrogen-bond donors (Lipinski definition) is 1. The van der Waals surface area contributed by atoms with E-state index in [0.29, 0.717) is 11.1 Å². The molecule has 1 aromatic carbocycles. The van der Waals surface area contributed by atoms with Crippen molar-refractivity contribution in [2.45, 2.75) is 139 Å². The van der Waals surface area contributed by atoms with E-state index in [0.717, 1.165) is 26.3 Å². The van der Waals surface area contributed by atoms with Crippen LogP contribution in [-0.2, 0) is 57.1 Å². The zero-order chi connectivity index (χ0) is 39.3. The highest BCUT2D eigenvalue weighted by molar-refractivity contribution is 7.86. The molecule has 0 amide bonds. The van der Waals surface area contributed by atoms with Gasteiger partial charge in [0.1, 0.15) is 28.6 Å². The minimum absolute atomic E-state index is 0.0143. The standard InChI is InChI=1S/C33H47Cl2N3O13S/c1-15(2)21-10-22(16(3)4)30(23(11-21)17(5)6)52(43,44)45-13-25-26(35)29(47-19(8)40)27(42)32(49-25)51-33(14-34)31(48-20(9)41)28(46-18(7)39)24(50-33)12-37-38-36/h10-11,15-17,24-29,31-32,42H,12-14H2,1-9H3/t24-,25-,26+,27-,28-,29+,31+,32-,33+/m1/s1. The van der Waals surface area contributed by atoms with Crippen molar-refractivity contribution < 1.29 is 60.5 Å². The zero-order valence-corrected chi connectivity index (χ0v) is 32.8. The van der Waals surface area contributed by atoms with Gasteiger partial charge < -0.3 is 33.5 Å². The lowest BCUT2D eigenvalue weighted by molar-refractivity contribution is -0.358. The number of aliphatic hydroxyl groups is 1. The number of aliphatic hydroxyl groups excluding tert-OH is 1. The van der Waals surface area contributed by atoms with Crippen molar-refractivity contribution in [3.8, 4) is 0 Å². The summed E-state index contributed by atoms with van der Waals surface area (Å²) in [5, 5.41) is 13.5. The average Bonchev–Trinajstić information content (AvgIpc) is 3.32. The number of halogens is 2. The first kappa shape index (κ1) is 43.7. The van der Waals surface area contributed by atoms with Gasteiger partial charge in [0.15, 0.2) is 24.6 Å². The maximum Gasteiger partial charge on any atom is 0.303 e. The highest BCUT2D eigenvalue weighted by Gasteiger charge is 2.62. The molecule has 0 unspecified atom stereocenters. The molecule has 2 aliphatic rings. The Bertz CT molecular complexity index is 1590. The van der Waals surface area contributed by atoms with Crippen LogP contribution < -0.4 is 0 Å². The van der Waals surface area contributed by atoms with E-state index in [4.69, 9.17) is 61.3 Å². The Morgan fingerprint density at radius 2 is 1.48 bits per heavy atom. The summed E-state index contributed by atoms with van der Waals surface area (Å²) in [6.45, 7) is 13.6. The normalized spacial score (nSPS) is 29.2. The second-order valence-electron chi connectivity index (χ2n) is 13.5. The minimum Gasteiger partial charge on any atom is -0.458 e. The van der Waals surface area contributed by atoms with E-state index in [1.54, 1.807) is 0 Å². The molecule has 2 saturated heterocycles. The van der Waals surface area contributed by atoms with Crippen LogP contribution in [0.4, 0.5) is 0 Å². The Kier molecular flexibility index (Phi) is 15.2. The molecule has 9 atom stereocenters. The summed E-state index contributed by atoms with van der Waals surface area (Å²) in [5.74, 6) is -5.65. The lowest BCUT2D eigenvalue weighted by Gasteiger charge is -2.44. The van der Waals surface area contributed by atoms with E-state index in [2.05, 4.69) is 10.0 Å². The average molecular weight is 797 g/mol. The number of benzene rings is 1. The fraction of sp³-hybridized carbons (Fsp3) is 0.727. The van der Waals surface area contributed by atoms with Crippen LogP contribution >= 0.6 is 23.2 Å². The van der Waals surface area contributed by atoms with E-state index in [-0.39, 0.29) is 22.6 Å². The number of azide groups is 1. The molecule has 3 rings (SSSR count). The van der Waals surface area contributed by atoms with Crippen molar-refractivity contribution in [2.75, 3.05) is 19.0 Å². The SMILES string of the molecule is CC(=O)O[C@@H]1[C@@H](O)[C@@H](O[C@]2(CCl)O[C@H](CN=[N+]=[N-])[C@@H](OC(C)=O)[C@@H]2OC(C)=O)O[C@H](COS(=O)(=O)c2c(C(C)C)cc(C(C)C)cc2C(C)C)[C@@H]1Cl. The Balaban J connectivity index is 2.05. The van der Waals surface area contributed by atoms with E-state index in [1.165, 1.54) is 0 Å². The van der Waals surface area contributed by atoms with Crippen LogP contribution in [0.3, 0.4) is 0 Å². The molecule has 2 fully saturated rings. The molecule has 292 valence electrons. The van der Waals surface area contributed by atoms with Gasteiger partial charge >= 0.3 is 17.9 Å². The fourth-order valence-corrected chi connectivity index (χ4v) is 8.23. The molecule has 2 heterocycles. The van der Waals surface area contributed by atoms with Crippen molar-refractivity contribution in [1.82, 2.24) is 0 Å². The fourth-order valence-electron chi connectivity index (χ4n) is 6.02. The topological polar surface area (TPSA) is 219 Å². The maximum absolute atomic E-state index is 14.0. The number of ether oxygens (including phenoxy) is 6. The molecule has 16 nitrogen and oxygen atoms in total. The summed E-state index contributed by atoms with van der Waals surface area (Å²) < 4.78 is 67.9. The third-order valence-electron chi connectivity index (χ3n) is 8.48. The van der Waals surface area contributed by atoms with Crippen LogP contribution in [0.2, 0.25) is 0 Å². The van der Waals surface area contributed by atoms with E-state index < -0.39 is 101 Å². The number of rotatable bonds is 15. The van der Waals surface area contributed by atoms with Crippen LogP contribution in [0.5, 0.6) is 0 Å². The molecular formula is C33H47Cl2N3O13S. The third kappa shape index (κ3) is 10.1. The Morgan fingerprint density at radius 1 is 0.942 bits per heavy atom. The second kappa shape index (κ2) is 18.1. The lowest BCUT2D eigenvalue weighted by atomic mass is 9.89. The molecule has 0 aromatic heterocycles. The molecule has 0 aliphatic carbocycles. The molecule has 1 N–H and O–H groups in total. The predicted molar refractivity (Wildman–Crippen MR) is 186 cm³/mol. The van der Waals surface area contributed by atoms with Crippen LogP contribution in [-0.4, -0.2) is 105 Å². The summed E-state index contributed by atoms with van der Waals surface area (Å²) in [5.41, 5.74) is 11.0. The molecule has 0 bridgehead atoms. The van der Waals surface area contributed by atoms with E-state index in [1.807, 2.05) is 53.7 Å². The number of nitrogens with zero attached hydrogens (tertiary/aromatic N) is 3. The lowest BCUT2D eigenvalue weighted by Crippen LogP contribution is -2.62. The van der Waals surface area contributed by atoms with Crippen LogP contribution in [0, 0.1) is 0 Å². The van der Waals surface area contributed by atoms with Gasteiger partial charge in [-0.2, -0.15) is 8.42 Å². The van der Waals surface area contributed by atoms with Crippen molar-refractivity contribution in [3.05, 3.63) is 39.3 Å². The molecule has 2 aliphatic heterocycles. The van der Waals surface area contributed by atoms with E-state index >= 15 is 0 Å². The first-order valence-corrected chi connectivity index (χ1v) is 19.1. The van der Waals surface area contributed by atoms with Gasteiger partial charge in [0, 0.05) is 25.7 Å². The molecule has 0 spiro atoms. The second-order valence-corrected chi connectivity index (χ2v) is 15.8. The van der Waals surface area contributed by atoms with Gasteiger partial charge in [0.2, 0.25) is 5.79 Å². The number of hydrogen-bond acceptors (Lipinski definition) is 14. The van der Waals surface area contributed by atoms with Gasteiger partial charge in [0.25, 0.3) is 10.1 Å². The number of carbonyl (C=O) groups excluding carboxylic acids is 3. The Morgan fingerprint density at radius 3 is 1.94 bits per heavy atom. The third-order valence-corrected chi connectivity index (χ3v) is 10.8. The number of esters is 3. The Labute approximate surface area is 313 Å². The summed E-state index contributed by atoms with van der Waals surface area (Å²) in [6.07, 6.45) is -11.0. The summed E-state index contributed by atoms with van der Waals surface area (Å²) in [4.78, 5) is 39.1. The molecule has 1 aromatic rings. The van der Waals surface area contributed by atoms with Crippen LogP contribution in [0.25, 0.3) is 10.4 Å². The van der Waals surface area contributed by atoms with Crippen LogP contribution in [0.15, 0.2) is 22.1 Å². The van der Waals surface area contributed by atoms with Gasteiger partial charge in [0.05, 0.1) is 19.0 Å². The quantitative estimate of drug-likeness (QED) is 0.0475. The van der Waals surface area contributed by atoms with Crippen molar-refractivity contribution in [2.24, 2.45) is 5.11 Å². The largest absolute Gasteiger partial charge is 0.458 e. The molecular weight excluding hydrogens is 749 g/mol. The first-order chi connectivity index (χ1) is 24.2. The number of alkyl halides is 2. The van der Waals surface area contributed by atoms with Gasteiger partial charge in [-0.15, -0.1) is 23.2 Å². The highest BCUT2D eigenvalue weighted by atomic mass is 35.5. The summed E-state index contributed by atoms with van der Waals surface area (Å²) in [7, 11) is -4.49. The van der Waals surface area contributed by atoms with E-state index in [9.17, 15) is 27.9 Å². The van der Waals surface area contributed by atoms with Gasteiger partial charge in [-0.25, -0.2) is 0 Å². The molecule has 0 saturated carbocycles.